The van der Waals surface area contributed by atoms with Crippen LogP contribution in [0.4, 0.5) is 0 Å². The van der Waals surface area contributed by atoms with Crippen molar-refractivity contribution in [2.75, 3.05) is 0 Å². The van der Waals surface area contributed by atoms with E-state index in [4.69, 9.17) is 0 Å². The van der Waals surface area contributed by atoms with Gasteiger partial charge in [-0.25, -0.2) is 0 Å². The summed E-state index contributed by atoms with van der Waals surface area (Å²) in [5.74, 6) is 0. The molecular weight excluding hydrogens is 344 g/mol. The Morgan fingerprint density at radius 1 is 0.615 bits per heavy atom. The van der Waals surface area contributed by atoms with Crippen molar-refractivity contribution < 1.29 is 0 Å². The van der Waals surface area contributed by atoms with Crippen LogP contribution in [0.25, 0.3) is 0 Å². The summed E-state index contributed by atoms with van der Waals surface area (Å²) in [6, 6.07) is 25.8. The zero-order valence-electron chi connectivity index (χ0n) is 17.0. The summed E-state index contributed by atoms with van der Waals surface area (Å²) in [6.07, 6.45) is 5.26. The molecule has 1 aliphatic heterocycles. The quantitative estimate of drug-likeness (QED) is 0.577. The molecule has 0 aromatic heterocycles. The van der Waals surface area contributed by atoms with E-state index >= 15 is 0 Å². The SMILES string of the molecule is CC/C1=C(\CC)[Si@](C)(c2ccccc2)CCCC[Si@]1(C)c1ccccc1. The van der Waals surface area contributed by atoms with Gasteiger partial charge in [-0.05, 0) is 24.9 Å². The van der Waals surface area contributed by atoms with Crippen LogP contribution in [0.5, 0.6) is 0 Å². The second-order valence-electron chi connectivity index (χ2n) is 8.27. The first-order valence-corrected chi connectivity index (χ1v) is 15.8. The highest BCUT2D eigenvalue weighted by Crippen LogP contribution is 2.38. The van der Waals surface area contributed by atoms with E-state index in [9.17, 15) is 0 Å². The molecule has 2 atom stereocenters. The predicted octanol–water partition coefficient (Wildman–Crippen LogP) is 5.95. The summed E-state index contributed by atoms with van der Waals surface area (Å²) in [7, 11) is -3.23. The van der Waals surface area contributed by atoms with Gasteiger partial charge in [-0.1, -0.05) is 121 Å². The average Bonchev–Trinajstić information content (AvgIpc) is 2.69. The van der Waals surface area contributed by atoms with Gasteiger partial charge in [-0.3, -0.25) is 0 Å². The number of allylic oxidation sites excluding steroid dienone is 2. The van der Waals surface area contributed by atoms with Gasteiger partial charge in [0.15, 0.2) is 0 Å². The van der Waals surface area contributed by atoms with E-state index in [1.807, 2.05) is 10.4 Å². The fraction of sp³-hybridized carbons (Fsp3) is 0.417. The van der Waals surface area contributed by atoms with Gasteiger partial charge >= 0.3 is 0 Å². The van der Waals surface area contributed by atoms with Gasteiger partial charge in [-0.15, -0.1) is 0 Å². The molecule has 0 bridgehead atoms. The van der Waals surface area contributed by atoms with Crippen LogP contribution >= 0.6 is 0 Å². The smallest absolute Gasteiger partial charge is 0.0802 e. The van der Waals surface area contributed by atoms with Gasteiger partial charge in [0.1, 0.15) is 16.1 Å². The van der Waals surface area contributed by atoms with E-state index in [-0.39, 0.29) is 0 Å². The Bertz CT molecular complexity index is 685. The second-order valence-corrected chi connectivity index (χ2v) is 17.0. The van der Waals surface area contributed by atoms with Gasteiger partial charge in [0.25, 0.3) is 0 Å². The molecule has 0 saturated heterocycles. The van der Waals surface area contributed by atoms with Crippen LogP contribution in [0.2, 0.25) is 25.2 Å². The summed E-state index contributed by atoms with van der Waals surface area (Å²) in [6.45, 7) is 10.1. The molecule has 2 heteroatoms. The van der Waals surface area contributed by atoms with Crippen LogP contribution < -0.4 is 10.4 Å². The summed E-state index contributed by atoms with van der Waals surface area (Å²) in [5.41, 5.74) is 0. The van der Waals surface area contributed by atoms with E-state index in [2.05, 4.69) is 87.6 Å². The normalized spacial score (nSPS) is 29.8. The third-order valence-electron chi connectivity index (χ3n) is 6.83. The van der Waals surface area contributed by atoms with Gasteiger partial charge in [0, 0.05) is 0 Å². The number of rotatable bonds is 4. The van der Waals surface area contributed by atoms with Crippen molar-refractivity contribution in [1.82, 2.24) is 0 Å². The zero-order valence-corrected chi connectivity index (χ0v) is 19.0. The third kappa shape index (κ3) is 3.42. The molecule has 26 heavy (non-hydrogen) atoms. The molecule has 0 radical (unpaired) electrons. The fourth-order valence-corrected chi connectivity index (χ4v) is 15.9. The van der Waals surface area contributed by atoms with Gasteiger partial charge in [0.2, 0.25) is 0 Å². The highest BCUT2D eigenvalue weighted by atomic mass is 28.3. The lowest BCUT2D eigenvalue weighted by molar-refractivity contribution is 0.844. The van der Waals surface area contributed by atoms with Crippen LogP contribution in [0.1, 0.15) is 39.5 Å². The van der Waals surface area contributed by atoms with Crippen LogP contribution in [0.15, 0.2) is 71.1 Å². The summed E-state index contributed by atoms with van der Waals surface area (Å²) >= 11 is 0. The monoisotopic (exact) mass is 378 g/mol. The summed E-state index contributed by atoms with van der Waals surface area (Å²) in [4.78, 5) is 0. The third-order valence-corrected chi connectivity index (χ3v) is 17.0. The molecule has 2 aromatic carbocycles. The minimum Gasteiger partial charge on any atom is -0.0802 e. The minimum atomic E-state index is -1.62. The Kier molecular flexibility index (Phi) is 6.04. The maximum atomic E-state index is 2.65. The highest BCUT2D eigenvalue weighted by molar-refractivity contribution is 7.02. The lowest BCUT2D eigenvalue weighted by Crippen LogP contribution is -2.54. The first-order valence-electron chi connectivity index (χ1n) is 10.4. The van der Waals surface area contributed by atoms with Gasteiger partial charge in [-0.2, -0.15) is 0 Å². The van der Waals surface area contributed by atoms with E-state index < -0.39 is 16.1 Å². The molecule has 2 aromatic rings. The van der Waals surface area contributed by atoms with Crippen LogP contribution in [0.3, 0.4) is 0 Å². The van der Waals surface area contributed by atoms with Crippen molar-refractivity contribution in [3.8, 4) is 0 Å². The Balaban J connectivity index is 2.24. The van der Waals surface area contributed by atoms with Crippen molar-refractivity contribution in [2.24, 2.45) is 0 Å². The minimum absolute atomic E-state index is 1.23. The Labute approximate surface area is 162 Å². The topological polar surface area (TPSA) is 0 Å². The Hall–Kier alpha value is -1.39. The van der Waals surface area contributed by atoms with Gasteiger partial charge in [0.05, 0.1) is 0 Å². The zero-order chi connectivity index (χ0) is 18.6. The number of hydrogen-bond acceptors (Lipinski definition) is 0. The van der Waals surface area contributed by atoms with E-state index in [1.54, 1.807) is 10.4 Å². The molecule has 0 spiro atoms. The standard InChI is InChI=1S/C24H34Si2/c1-5-23-24(6-2)26(4,22-17-11-8-12-18-22)20-14-13-19-25(23,3)21-15-9-7-10-16-21/h7-12,15-18H,5-6,13-14,19-20H2,1-4H3/b24-23-/t25-,26+. The van der Waals surface area contributed by atoms with Crippen molar-refractivity contribution in [3.63, 3.8) is 0 Å². The van der Waals surface area contributed by atoms with Crippen molar-refractivity contribution in [1.29, 1.82) is 0 Å². The molecular formula is C24H34Si2. The van der Waals surface area contributed by atoms with Crippen molar-refractivity contribution in [3.05, 3.63) is 71.1 Å². The summed E-state index contributed by atoms with van der Waals surface area (Å²) in [5, 5.41) is 7.05. The lowest BCUT2D eigenvalue weighted by Gasteiger charge is -2.41. The van der Waals surface area contributed by atoms with Crippen molar-refractivity contribution in [2.45, 2.75) is 64.7 Å². The molecule has 1 aliphatic rings. The molecule has 1 heterocycles. The largest absolute Gasteiger partial charge is 0.110 e. The first-order chi connectivity index (χ1) is 12.6. The molecule has 0 saturated carbocycles. The predicted molar refractivity (Wildman–Crippen MR) is 122 cm³/mol. The van der Waals surface area contributed by atoms with Gasteiger partial charge < -0.3 is 0 Å². The highest BCUT2D eigenvalue weighted by Gasteiger charge is 2.42. The maximum absolute atomic E-state index is 2.65. The number of hydrogen-bond donors (Lipinski definition) is 0. The first kappa shape index (κ1) is 19.4. The molecule has 0 N–H and O–H groups in total. The summed E-state index contributed by atoms with van der Waals surface area (Å²) < 4.78 is 0. The Morgan fingerprint density at radius 2 is 0.962 bits per heavy atom. The molecule has 3 rings (SSSR count). The molecule has 138 valence electrons. The van der Waals surface area contributed by atoms with Crippen molar-refractivity contribution >= 4 is 26.5 Å². The van der Waals surface area contributed by atoms with Crippen LogP contribution in [-0.2, 0) is 0 Å². The second kappa shape index (κ2) is 8.10. The molecule has 0 amide bonds. The van der Waals surface area contributed by atoms with E-state index in [0.29, 0.717) is 0 Å². The fourth-order valence-electron chi connectivity index (χ4n) is 5.38. The van der Waals surface area contributed by atoms with E-state index in [1.165, 1.54) is 37.8 Å². The molecule has 0 aliphatic carbocycles. The molecule has 0 unspecified atom stereocenters. The average molecular weight is 379 g/mol. The molecule has 0 nitrogen and oxygen atoms in total. The lowest BCUT2D eigenvalue weighted by atomic mass is 10.3. The number of benzene rings is 2. The van der Waals surface area contributed by atoms with Crippen LogP contribution in [0, 0.1) is 0 Å². The van der Waals surface area contributed by atoms with E-state index in [0.717, 1.165) is 0 Å². The molecule has 0 fully saturated rings. The Morgan fingerprint density at radius 3 is 1.27 bits per heavy atom. The van der Waals surface area contributed by atoms with Crippen LogP contribution in [-0.4, -0.2) is 16.1 Å². The maximum Gasteiger partial charge on any atom is 0.110 e.